The highest BCUT2D eigenvalue weighted by Gasteiger charge is 2.27. The van der Waals surface area contributed by atoms with Gasteiger partial charge in [-0.25, -0.2) is 4.79 Å². The molecular weight excluding hydrogens is 202 g/mol. The van der Waals surface area contributed by atoms with Crippen LogP contribution in [0, 0.1) is 5.41 Å². The van der Waals surface area contributed by atoms with Gasteiger partial charge in [-0.15, -0.1) is 0 Å². The van der Waals surface area contributed by atoms with Crippen molar-refractivity contribution in [3.63, 3.8) is 0 Å². The topological polar surface area (TPSA) is 95.9 Å². The lowest BCUT2D eigenvalue weighted by molar-refractivity contribution is -0.140. The van der Waals surface area contributed by atoms with Crippen LogP contribution < -0.4 is 5.32 Å². The van der Waals surface area contributed by atoms with Crippen LogP contribution in [0.2, 0.25) is 0 Å². The lowest BCUT2D eigenvalue weighted by Gasteiger charge is -2.25. The summed E-state index contributed by atoms with van der Waals surface area (Å²) in [6, 6.07) is 0. The molecule has 0 bridgehead atoms. The van der Waals surface area contributed by atoms with Crippen molar-refractivity contribution in [1.29, 1.82) is 0 Å². The number of carbonyl (C=O) groups excluding carboxylic acids is 1. The van der Waals surface area contributed by atoms with Crippen LogP contribution in [0.1, 0.15) is 20.3 Å². The number of carboxylic acid groups (broad SMARTS) is 1. The molecule has 15 heavy (non-hydrogen) atoms. The van der Waals surface area contributed by atoms with Crippen molar-refractivity contribution in [3.8, 4) is 0 Å². The van der Waals surface area contributed by atoms with Gasteiger partial charge in [0.15, 0.2) is 0 Å². The number of aliphatic hydroxyl groups excluding tert-OH is 1. The van der Waals surface area contributed by atoms with Gasteiger partial charge in [0.2, 0.25) is 0 Å². The number of alkyl carbamates (subject to hydrolysis) is 1. The summed E-state index contributed by atoms with van der Waals surface area (Å²) in [6.07, 6.45) is -0.821. The second-order valence-corrected chi connectivity index (χ2v) is 3.61. The van der Waals surface area contributed by atoms with Crippen molar-refractivity contribution >= 4 is 12.1 Å². The third kappa shape index (κ3) is 5.90. The number of nitrogens with one attached hydrogen (secondary N) is 1. The first-order valence-corrected chi connectivity index (χ1v) is 4.67. The minimum atomic E-state index is -1.02. The van der Waals surface area contributed by atoms with Crippen molar-refractivity contribution in [1.82, 2.24) is 5.32 Å². The number of rotatable bonds is 6. The fourth-order valence-corrected chi connectivity index (χ4v) is 1.01. The summed E-state index contributed by atoms with van der Waals surface area (Å²) >= 11 is 0. The van der Waals surface area contributed by atoms with Gasteiger partial charge in [-0.3, -0.25) is 4.79 Å². The number of ether oxygens (including phenoxy) is 1. The Morgan fingerprint density at radius 3 is 2.47 bits per heavy atom. The molecule has 0 radical (unpaired) electrons. The van der Waals surface area contributed by atoms with Gasteiger partial charge >= 0.3 is 12.1 Å². The molecule has 0 aliphatic rings. The molecule has 0 rings (SSSR count). The van der Waals surface area contributed by atoms with E-state index in [1.54, 1.807) is 13.8 Å². The SMILES string of the molecule is CCOC(=O)NCC(C)(CO)CC(=O)O. The predicted molar refractivity (Wildman–Crippen MR) is 52.5 cm³/mol. The maximum absolute atomic E-state index is 10.9. The van der Waals surface area contributed by atoms with E-state index < -0.39 is 17.5 Å². The maximum Gasteiger partial charge on any atom is 0.407 e. The van der Waals surface area contributed by atoms with E-state index in [2.05, 4.69) is 10.1 Å². The Bertz CT molecular complexity index is 231. The molecule has 1 atom stereocenters. The Labute approximate surface area is 88.2 Å². The van der Waals surface area contributed by atoms with Crippen molar-refractivity contribution in [2.24, 2.45) is 5.41 Å². The highest BCUT2D eigenvalue weighted by molar-refractivity contribution is 5.69. The fourth-order valence-electron chi connectivity index (χ4n) is 1.01. The van der Waals surface area contributed by atoms with Crippen LogP contribution in [0.25, 0.3) is 0 Å². The third-order valence-electron chi connectivity index (χ3n) is 1.89. The highest BCUT2D eigenvalue weighted by Crippen LogP contribution is 2.19. The number of amides is 1. The van der Waals surface area contributed by atoms with Gasteiger partial charge in [0, 0.05) is 12.0 Å². The molecule has 0 aromatic carbocycles. The van der Waals surface area contributed by atoms with Crippen LogP contribution in [0.3, 0.4) is 0 Å². The number of hydrogen-bond donors (Lipinski definition) is 3. The predicted octanol–water partition coefficient (Wildman–Crippen LogP) is 0.206. The molecule has 0 heterocycles. The number of carboxylic acids is 1. The average molecular weight is 219 g/mol. The third-order valence-corrected chi connectivity index (χ3v) is 1.89. The normalized spacial score (nSPS) is 14.1. The molecule has 6 heteroatoms. The molecule has 0 aliphatic heterocycles. The standard InChI is InChI=1S/C9H17NO5/c1-3-15-8(14)10-5-9(2,6-11)4-7(12)13/h11H,3-6H2,1-2H3,(H,10,14)(H,12,13). The van der Waals surface area contributed by atoms with E-state index in [-0.39, 0.29) is 26.2 Å². The lowest BCUT2D eigenvalue weighted by atomic mass is 9.88. The Morgan fingerprint density at radius 2 is 2.07 bits per heavy atom. The number of aliphatic hydroxyl groups is 1. The molecule has 6 nitrogen and oxygen atoms in total. The quantitative estimate of drug-likeness (QED) is 0.593. The maximum atomic E-state index is 10.9. The number of aliphatic carboxylic acids is 1. The van der Waals surface area contributed by atoms with E-state index in [0.29, 0.717) is 0 Å². The second-order valence-electron chi connectivity index (χ2n) is 3.61. The van der Waals surface area contributed by atoms with E-state index >= 15 is 0 Å². The van der Waals surface area contributed by atoms with Gasteiger partial charge in [-0.2, -0.15) is 0 Å². The summed E-state index contributed by atoms with van der Waals surface area (Å²) in [5, 5.41) is 20.0. The molecule has 1 amide bonds. The Kier molecular flexibility index (Phi) is 5.69. The molecule has 0 aromatic heterocycles. The summed E-state index contributed by atoms with van der Waals surface area (Å²) in [7, 11) is 0. The summed E-state index contributed by atoms with van der Waals surface area (Å²) in [6.45, 7) is 3.25. The molecule has 3 N–H and O–H groups in total. The zero-order chi connectivity index (χ0) is 11.9. The summed E-state index contributed by atoms with van der Waals surface area (Å²) in [4.78, 5) is 21.4. The summed E-state index contributed by atoms with van der Waals surface area (Å²) in [5.74, 6) is -1.02. The van der Waals surface area contributed by atoms with Gasteiger partial charge in [-0.05, 0) is 6.92 Å². The zero-order valence-electron chi connectivity index (χ0n) is 8.95. The smallest absolute Gasteiger partial charge is 0.407 e. The van der Waals surface area contributed by atoms with Crippen molar-refractivity contribution in [3.05, 3.63) is 0 Å². The molecule has 0 fully saturated rings. The Balaban J connectivity index is 4.08. The Morgan fingerprint density at radius 1 is 1.47 bits per heavy atom. The molecule has 88 valence electrons. The van der Waals surface area contributed by atoms with E-state index in [1.807, 2.05) is 0 Å². The van der Waals surface area contributed by atoms with E-state index in [0.717, 1.165) is 0 Å². The van der Waals surface area contributed by atoms with Crippen LogP contribution in [0.4, 0.5) is 4.79 Å². The minimum Gasteiger partial charge on any atom is -0.481 e. The largest absolute Gasteiger partial charge is 0.481 e. The zero-order valence-corrected chi connectivity index (χ0v) is 8.95. The van der Waals surface area contributed by atoms with Gasteiger partial charge in [0.05, 0.1) is 19.6 Å². The second kappa shape index (κ2) is 6.23. The average Bonchev–Trinajstić information content (AvgIpc) is 2.14. The van der Waals surface area contributed by atoms with Crippen LogP contribution in [-0.4, -0.2) is 42.0 Å². The molecule has 0 saturated heterocycles. The van der Waals surface area contributed by atoms with Crippen molar-refractivity contribution in [2.75, 3.05) is 19.8 Å². The lowest BCUT2D eigenvalue weighted by Crippen LogP contribution is -2.39. The molecule has 0 aromatic rings. The van der Waals surface area contributed by atoms with Gasteiger partial charge in [-0.1, -0.05) is 6.92 Å². The van der Waals surface area contributed by atoms with E-state index in [1.165, 1.54) is 0 Å². The van der Waals surface area contributed by atoms with Crippen LogP contribution >= 0.6 is 0 Å². The van der Waals surface area contributed by atoms with E-state index in [4.69, 9.17) is 10.2 Å². The van der Waals surface area contributed by atoms with Crippen LogP contribution in [-0.2, 0) is 9.53 Å². The van der Waals surface area contributed by atoms with Gasteiger partial charge in [0.1, 0.15) is 0 Å². The molecule has 0 aliphatic carbocycles. The minimum absolute atomic E-state index is 0.0641. The van der Waals surface area contributed by atoms with Gasteiger partial charge in [0.25, 0.3) is 0 Å². The molecule has 0 spiro atoms. The van der Waals surface area contributed by atoms with Gasteiger partial charge < -0.3 is 20.3 Å². The summed E-state index contributed by atoms with van der Waals surface area (Å²) < 4.78 is 4.61. The van der Waals surface area contributed by atoms with Crippen molar-refractivity contribution < 1.29 is 24.5 Å². The summed E-state index contributed by atoms with van der Waals surface area (Å²) in [5.41, 5.74) is -0.863. The number of carbonyl (C=O) groups is 2. The van der Waals surface area contributed by atoms with Crippen molar-refractivity contribution in [2.45, 2.75) is 20.3 Å². The first kappa shape index (κ1) is 13.7. The first-order valence-electron chi connectivity index (χ1n) is 4.67. The number of hydrogen-bond acceptors (Lipinski definition) is 4. The fraction of sp³-hybridized carbons (Fsp3) is 0.778. The molecular formula is C9H17NO5. The van der Waals surface area contributed by atoms with Crippen LogP contribution in [0.5, 0.6) is 0 Å². The monoisotopic (exact) mass is 219 g/mol. The molecule has 1 unspecified atom stereocenters. The van der Waals surface area contributed by atoms with Crippen LogP contribution in [0.15, 0.2) is 0 Å². The molecule has 0 saturated carbocycles. The first-order chi connectivity index (χ1) is 6.93. The highest BCUT2D eigenvalue weighted by atomic mass is 16.5. The van der Waals surface area contributed by atoms with E-state index in [9.17, 15) is 9.59 Å². The Hall–Kier alpha value is -1.30.